The zero-order valence-corrected chi connectivity index (χ0v) is 13.0. The molecule has 0 bridgehead atoms. The molecule has 0 amide bonds. The average molecular weight is 307 g/mol. The van der Waals surface area contributed by atoms with Crippen LogP contribution in [0.15, 0.2) is 18.2 Å². The summed E-state index contributed by atoms with van der Waals surface area (Å²) in [6.07, 6.45) is 2.68. The number of halogens is 1. The van der Waals surface area contributed by atoms with Crippen molar-refractivity contribution in [1.29, 1.82) is 0 Å². The first-order chi connectivity index (χ1) is 10.0. The van der Waals surface area contributed by atoms with E-state index in [0.717, 1.165) is 36.1 Å². The number of aromatic nitrogens is 2. The number of carboxylic acid groups (broad SMARTS) is 1. The van der Waals surface area contributed by atoms with E-state index in [0.29, 0.717) is 10.9 Å². The Balaban J connectivity index is 2.06. The minimum Gasteiger partial charge on any atom is -0.481 e. The lowest BCUT2D eigenvalue weighted by molar-refractivity contribution is -0.142. The van der Waals surface area contributed by atoms with E-state index in [2.05, 4.69) is 11.9 Å². The van der Waals surface area contributed by atoms with Crippen LogP contribution >= 0.6 is 11.6 Å². The van der Waals surface area contributed by atoms with E-state index in [-0.39, 0.29) is 11.8 Å². The predicted octanol–water partition coefficient (Wildman–Crippen LogP) is 3.83. The Kier molecular flexibility index (Phi) is 3.66. The molecule has 1 N–H and O–H groups in total. The summed E-state index contributed by atoms with van der Waals surface area (Å²) in [6.45, 7) is 2.13. The van der Waals surface area contributed by atoms with Crippen LogP contribution in [0.1, 0.15) is 37.9 Å². The molecule has 3 unspecified atom stereocenters. The second kappa shape index (κ2) is 5.34. The molecule has 4 nitrogen and oxygen atoms in total. The molecule has 0 aliphatic heterocycles. The first-order valence-corrected chi connectivity index (χ1v) is 7.73. The van der Waals surface area contributed by atoms with Gasteiger partial charge in [0.2, 0.25) is 0 Å². The van der Waals surface area contributed by atoms with Crippen LogP contribution in [0.4, 0.5) is 0 Å². The van der Waals surface area contributed by atoms with Gasteiger partial charge in [0.1, 0.15) is 5.82 Å². The van der Waals surface area contributed by atoms with Crippen molar-refractivity contribution in [3.8, 4) is 0 Å². The van der Waals surface area contributed by atoms with Crippen LogP contribution in [0, 0.1) is 11.8 Å². The normalized spacial score (nSPS) is 25.6. The number of hydrogen-bond acceptors (Lipinski definition) is 2. The summed E-state index contributed by atoms with van der Waals surface area (Å²) < 4.78 is 2.00. The summed E-state index contributed by atoms with van der Waals surface area (Å²) >= 11 is 6.05. The largest absolute Gasteiger partial charge is 0.481 e. The molecule has 1 aromatic carbocycles. The van der Waals surface area contributed by atoms with Gasteiger partial charge in [0.05, 0.1) is 17.0 Å². The standard InChI is InChI=1S/C16H19ClN2O2/c1-3-9-6-11(12(7-9)16(20)21)15-18-13-5-4-10(17)8-14(13)19(15)2/h4-5,8-9,11-12H,3,6-7H2,1-2H3,(H,20,21). The number of benzene rings is 1. The summed E-state index contributed by atoms with van der Waals surface area (Å²) in [6, 6.07) is 5.59. The number of hydrogen-bond donors (Lipinski definition) is 1. The van der Waals surface area contributed by atoms with Crippen LogP contribution in [0.25, 0.3) is 11.0 Å². The molecule has 1 heterocycles. The first kappa shape index (κ1) is 14.4. The predicted molar refractivity (Wildman–Crippen MR) is 82.6 cm³/mol. The molecule has 0 saturated heterocycles. The third-order valence-electron chi connectivity index (χ3n) is 4.76. The quantitative estimate of drug-likeness (QED) is 0.937. The van der Waals surface area contributed by atoms with Gasteiger partial charge >= 0.3 is 5.97 Å². The number of aliphatic carboxylic acids is 1. The third-order valence-corrected chi connectivity index (χ3v) is 5.00. The van der Waals surface area contributed by atoms with Crippen LogP contribution < -0.4 is 0 Å². The minimum atomic E-state index is -0.707. The second-order valence-electron chi connectivity index (χ2n) is 5.96. The zero-order chi connectivity index (χ0) is 15.1. The van der Waals surface area contributed by atoms with Gasteiger partial charge in [0, 0.05) is 18.0 Å². The van der Waals surface area contributed by atoms with Crippen molar-refractivity contribution >= 4 is 28.6 Å². The topological polar surface area (TPSA) is 55.1 Å². The van der Waals surface area contributed by atoms with Crippen molar-refractivity contribution in [2.45, 2.75) is 32.1 Å². The van der Waals surface area contributed by atoms with Crippen LogP contribution in [0.5, 0.6) is 0 Å². The Bertz CT molecular complexity index is 695. The molecule has 112 valence electrons. The van der Waals surface area contributed by atoms with Crippen LogP contribution in [-0.2, 0) is 11.8 Å². The molecule has 2 aromatic rings. The van der Waals surface area contributed by atoms with E-state index in [1.165, 1.54) is 0 Å². The molecule has 0 spiro atoms. The van der Waals surface area contributed by atoms with Gasteiger partial charge in [-0.3, -0.25) is 4.79 Å². The van der Waals surface area contributed by atoms with Crippen molar-refractivity contribution in [2.75, 3.05) is 0 Å². The number of fused-ring (bicyclic) bond motifs is 1. The molecule has 1 fully saturated rings. The van der Waals surface area contributed by atoms with E-state index in [1.807, 2.05) is 29.8 Å². The summed E-state index contributed by atoms with van der Waals surface area (Å²) in [5.41, 5.74) is 1.84. The van der Waals surface area contributed by atoms with E-state index < -0.39 is 5.97 Å². The van der Waals surface area contributed by atoms with Crippen molar-refractivity contribution in [1.82, 2.24) is 9.55 Å². The molecular weight excluding hydrogens is 288 g/mol. The summed E-state index contributed by atoms with van der Waals surface area (Å²) in [4.78, 5) is 16.2. The highest BCUT2D eigenvalue weighted by atomic mass is 35.5. The van der Waals surface area contributed by atoms with E-state index in [4.69, 9.17) is 11.6 Å². The number of imidazole rings is 1. The maximum Gasteiger partial charge on any atom is 0.307 e. The molecule has 1 aliphatic carbocycles. The molecule has 3 rings (SSSR count). The molecule has 1 aliphatic rings. The van der Waals surface area contributed by atoms with Gasteiger partial charge < -0.3 is 9.67 Å². The number of carboxylic acids is 1. The highest BCUT2D eigenvalue weighted by molar-refractivity contribution is 6.31. The highest BCUT2D eigenvalue weighted by Crippen LogP contribution is 2.44. The Hall–Kier alpha value is -1.55. The maximum atomic E-state index is 11.6. The van der Waals surface area contributed by atoms with Crippen molar-refractivity contribution in [2.24, 2.45) is 18.9 Å². The van der Waals surface area contributed by atoms with Gasteiger partial charge in [0.15, 0.2) is 0 Å². The fourth-order valence-electron chi connectivity index (χ4n) is 3.55. The number of aryl methyl sites for hydroxylation is 1. The second-order valence-corrected chi connectivity index (χ2v) is 6.40. The monoisotopic (exact) mass is 306 g/mol. The summed E-state index contributed by atoms with van der Waals surface area (Å²) in [5.74, 6) is 0.292. The SMILES string of the molecule is CCC1CC(C(=O)O)C(c2nc3ccc(Cl)cc3n2C)C1. The summed E-state index contributed by atoms with van der Waals surface area (Å²) in [5, 5.41) is 10.2. The van der Waals surface area contributed by atoms with E-state index in [1.54, 1.807) is 0 Å². The zero-order valence-electron chi connectivity index (χ0n) is 12.2. The molecule has 3 atom stereocenters. The smallest absolute Gasteiger partial charge is 0.307 e. The lowest BCUT2D eigenvalue weighted by atomic mass is 9.95. The van der Waals surface area contributed by atoms with Crippen molar-refractivity contribution < 1.29 is 9.90 Å². The minimum absolute atomic E-state index is 0.0105. The molecule has 1 aromatic heterocycles. The molecule has 1 saturated carbocycles. The van der Waals surface area contributed by atoms with Crippen LogP contribution in [0.2, 0.25) is 5.02 Å². The van der Waals surface area contributed by atoms with E-state index >= 15 is 0 Å². The molecule has 5 heteroatoms. The van der Waals surface area contributed by atoms with Gasteiger partial charge in [-0.05, 0) is 37.0 Å². The fraction of sp³-hybridized carbons (Fsp3) is 0.500. The van der Waals surface area contributed by atoms with Gasteiger partial charge in [-0.2, -0.15) is 0 Å². The Morgan fingerprint density at radius 1 is 1.48 bits per heavy atom. The lowest BCUT2D eigenvalue weighted by Crippen LogP contribution is -2.19. The average Bonchev–Trinajstić information content (AvgIpc) is 3.01. The molecule has 0 radical (unpaired) electrons. The Labute approximate surface area is 128 Å². The van der Waals surface area contributed by atoms with Gasteiger partial charge in [0.25, 0.3) is 0 Å². The fourth-order valence-corrected chi connectivity index (χ4v) is 3.71. The Morgan fingerprint density at radius 3 is 2.90 bits per heavy atom. The van der Waals surface area contributed by atoms with Crippen molar-refractivity contribution in [3.05, 3.63) is 29.0 Å². The highest BCUT2D eigenvalue weighted by Gasteiger charge is 2.41. The van der Waals surface area contributed by atoms with Gasteiger partial charge in [-0.25, -0.2) is 4.98 Å². The van der Waals surface area contributed by atoms with E-state index in [9.17, 15) is 9.90 Å². The number of carbonyl (C=O) groups is 1. The van der Waals surface area contributed by atoms with Gasteiger partial charge in [-0.1, -0.05) is 24.9 Å². The first-order valence-electron chi connectivity index (χ1n) is 7.36. The number of nitrogens with zero attached hydrogens (tertiary/aromatic N) is 2. The third kappa shape index (κ3) is 2.42. The number of rotatable bonds is 3. The maximum absolute atomic E-state index is 11.6. The summed E-state index contributed by atoms with van der Waals surface area (Å²) in [7, 11) is 1.94. The van der Waals surface area contributed by atoms with Crippen LogP contribution in [-0.4, -0.2) is 20.6 Å². The molecular formula is C16H19ClN2O2. The Morgan fingerprint density at radius 2 is 2.24 bits per heavy atom. The van der Waals surface area contributed by atoms with Gasteiger partial charge in [-0.15, -0.1) is 0 Å². The van der Waals surface area contributed by atoms with Crippen molar-refractivity contribution in [3.63, 3.8) is 0 Å². The lowest BCUT2D eigenvalue weighted by Gasteiger charge is -2.15. The van der Waals surface area contributed by atoms with Crippen LogP contribution in [0.3, 0.4) is 0 Å². The molecule has 21 heavy (non-hydrogen) atoms.